The highest BCUT2D eigenvalue weighted by atomic mass is 16.5. The van der Waals surface area contributed by atoms with Gasteiger partial charge < -0.3 is 14.8 Å². The molecule has 0 saturated heterocycles. The molecule has 0 atom stereocenters. The van der Waals surface area contributed by atoms with Gasteiger partial charge in [-0.1, -0.05) is 32.6 Å². The van der Waals surface area contributed by atoms with E-state index in [1.54, 1.807) is 26.4 Å². The maximum absolute atomic E-state index is 11.8. The van der Waals surface area contributed by atoms with E-state index in [9.17, 15) is 4.79 Å². The molecule has 1 N–H and O–H groups in total. The third kappa shape index (κ3) is 5.51. The van der Waals surface area contributed by atoms with Crippen molar-refractivity contribution in [1.29, 1.82) is 0 Å². The van der Waals surface area contributed by atoms with Crippen molar-refractivity contribution in [2.75, 3.05) is 19.5 Å². The van der Waals surface area contributed by atoms with Crippen molar-refractivity contribution in [3.05, 3.63) is 18.2 Å². The third-order valence-corrected chi connectivity index (χ3v) is 3.17. The zero-order valence-electron chi connectivity index (χ0n) is 12.7. The average molecular weight is 279 g/mol. The summed E-state index contributed by atoms with van der Waals surface area (Å²) in [5, 5.41) is 2.88. The number of hydrogen-bond donors (Lipinski definition) is 1. The molecule has 0 aliphatic rings. The molecule has 0 aliphatic heterocycles. The maximum atomic E-state index is 11.8. The van der Waals surface area contributed by atoms with Crippen LogP contribution < -0.4 is 14.8 Å². The minimum atomic E-state index is 0.0497. The number of nitrogens with one attached hydrogen (secondary N) is 1. The van der Waals surface area contributed by atoms with Crippen LogP contribution in [0.2, 0.25) is 0 Å². The van der Waals surface area contributed by atoms with Gasteiger partial charge in [0, 0.05) is 18.2 Å². The summed E-state index contributed by atoms with van der Waals surface area (Å²) in [6.45, 7) is 2.18. The molecular weight excluding hydrogens is 254 g/mol. The highest BCUT2D eigenvalue weighted by Crippen LogP contribution is 2.29. The molecule has 20 heavy (non-hydrogen) atoms. The van der Waals surface area contributed by atoms with Gasteiger partial charge in [-0.15, -0.1) is 0 Å². The third-order valence-electron chi connectivity index (χ3n) is 3.17. The van der Waals surface area contributed by atoms with Crippen LogP contribution >= 0.6 is 0 Å². The largest absolute Gasteiger partial charge is 0.493 e. The molecule has 0 unspecified atom stereocenters. The molecule has 0 fully saturated rings. The van der Waals surface area contributed by atoms with E-state index in [0.29, 0.717) is 17.9 Å². The summed E-state index contributed by atoms with van der Waals surface area (Å²) in [6, 6.07) is 5.37. The molecule has 1 rings (SSSR count). The van der Waals surface area contributed by atoms with Crippen molar-refractivity contribution in [2.45, 2.75) is 45.4 Å². The van der Waals surface area contributed by atoms with Gasteiger partial charge in [-0.2, -0.15) is 0 Å². The number of anilines is 1. The van der Waals surface area contributed by atoms with E-state index in [4.69, 9.17) is 9.47 Å². The summed E-state index contributed by atoms with van der Waals surface area (Å²) in [7, 11) is 3.17. The number of hydrogen-bond acceptors (Lipinski definition) is 3. The second-order valence-corrected chi connectivity index (χ2v) is 4.78. The van der Waals surface area contributed by atoms with Gasteiger partial charge in [0.1, 0.15) is 0 Å². The summed E-state index contributed by atoms with van der Waals surface area (Å²) in [4.78, 5) is 11.8. The van der Waals surface area contributed by atoms with Crippen LogP contribution in [0.25, 0.3) is 0 Å². The van der Waals surface area contributed by atoms with E-state index >= 15 is 0 Å². The van der Waals surface area contributed by atoms with E-state index in [0.717, 1.165) is 18.5 Å². The minimum absolute atomic E-state index is 0.0497. The molecule has 0 radical (unpaired) electrons. The lowest BCUT2D eigenvalue weighted by Gasteiger charge is -2.10. The first-order valence-electron chi connectivity index (χ1n) is 7.23. The summed E-state index contributed by atoms with van der Waals surface area (Å²) >= 11 is 0. The molecule has 0 heterocycles. The quantitative estimate of drug-likeness (QED) is 0.695. The summed E-state index contributed by atoms with van der Waals surface area (Å²) < 4.78 is 10.4. The minimum Gasteiger partial charge on any atom is -0.493 e. The normalized spacial score (nSPS) is 10.2. The van der Waals surface area contributed by atoms with Gasteiger partial charge in [-0.05, 0) is 18.6 Å². The number of unbranched alkanes of at least 4 members (excludes halogenated alkanes) is 4. The van der Waals surface area contributed by atoms with Crippen LogP contribution in [-0.2, 0) is 4.79 Å². The van der Waals surface area contributed by atoms with Gasteiger partial charge in [-0.25, -0.2) is 0 Å². The summed E-state index contributed by atoms with van der Waals surface area (Å²) in [5.74, 6) is 1.33. The number of methoxy groups -OCH3 is 2. The first kappa shape index (κ1) is 16.3. The van der Waals surface area contributed by atoms with Crippen molar-refractivity contribution in [3.63, 3.8) is 0 Å². The maximum Gasteiger partial charge on any atom is 0.224 e. The van der Waals surface area contributed by atoms with Gasteiger partial charge in [-0.3, -0.25) is 4.79 Å². The Balaban J connectivity index is 2.41. The van der Waals surface area contributed by atoms with Crippen molar-refractivity contribution >= 4 is 11.6 Å². The second kappa shape index (κ2) is 9.23. The Kier molecular flexibility index (Phi) is 7.55. The van der Waals surface area contributed by atoms with Gasteiger partial charge in [0.05, 0.1) is 14.2 Å². The SMILES string of the molecule is CCCCCCCC(=O)Nc1ccc(OC)c(OC)c1. The van der Waals surface area contributed by atoms with Crippen LogP contribution in [0.1, 0.15) is 45.4 Å². The number of amides is 1. The van der Waals surface area contributed by atoms with Crippen molar-refractivity contribution in [2.24, 2.45) is 0 Å². The number of rotatable bonds is 9. The second-order valence-electron chi connectivity index (χ2n) is 4.78. The van der Waals surface area contributed by atoms with Crippen molar-refractivity contribution < 1.29 is 14.3 Å². The molecular formula is C16H25NO3. The van der Waals surface area contributed by atoms with Crippen LogP contribution in [0.3, 0.4) is 0 Å². The topological polar surface area (TPSA) is 47.6 Å². The van der Waals surface area contributed by atoms with E-state index in [2.05, 4.69) is 12.2 Å². The lowest BCUT2D eigenvalue weighted by molar-refractivity contribution is -0.116. The van der Waals surface area contributed by atoms with E-state index in [-0.39, 0.29) is 5.91 Å². The monoisotopic (exact) mass is 279 g/mol. The molecule has 1 amide bonds. The van der Waals surface area contributed by atoms with E-state index < -0.39 is 0 Å². The van der Waals surface area contributed by atoms with Crippen molar-refractivity contribution in [1.82, 2.24) is 0 Å². The Labute approximate surface area is 121 Å². The van der Waals surface area contributed by atoms with Gasteiger partial charge in [0.25, 0.3) is 0 Å². The van der Waals surface area contributed by atoms with Gasteiger partial charge in [0.2, 0.25) is 5.91 Å². The fourth-order valence-corrected chi connectivity index (χ4v) is 2.03. The predicted octanol–water partition coefficient (Wildman–Crippen LogP) is 4.00. The van der Waals surface area contributed by atoms with E-state index in [1.165, 1.54) is 19.3 Å². The number of carbonyl (C=O) groups excluding carboxylic acids is 1. The molecule has 1 aromatic carbocycles. The van der Waals surface area contributed by atoms with Crippen LogP contribution in [-0.4, -0.2) is 20.1 Å². The molecule has 4 heteroatoms. The Bertz CT molecular complexity index is 418. The predicted molar refractivity (Wildman–Crippen MR) is 81.6 cm³/mol. The van der Waals surface area contributed by atoms with Gasteiger partial charge >= 0.3 is 0 Å². The Hall–Kier alpha value is -1.71. The standard InChI is InChI=1S/C16H25NO3/c1-4-5-6-7-8-9-16(18)17-13-10-11-14(19-2)15(12-13)20-3/h10-12H,4-9H2,1-3H3,(H,17,18). The zero-order chi connectivity index (χ0) is 14.8. The first-order valence-corrected chi connectivity index (χ1v) is 7.23. The van der Waals surface area contributed by atoms with E-state index in [1.807, 2.05) is 6.07 Å². The molecule has 1 aromatic rings. The molecule has 4 nitrogen and oxygen atoms in total. The summed E-state index contributed by atoms with van der Waals surface area (Å²) in [6.07, 6.45) is 6.31. The smallest absolute Gasteiger partial charge is 0.224 e. The average Bonchev–Trinajstić information content (AvgIpc) is 2.46. The Morgan fingerprint density at radius 3 is 2.40 bits per heavy atom. The zero-order valence-corrected chi connectivity index (χ0v) is 12.7. The first-order chi connectivity index (χ1) is 9.71. The van der Waals surface area contributed by atoms with Crippen LogP contribution in [0.5, 0.6) is 11.5 Å². The molecule has 112 valence electrons. The highest BCUT2D eigenvalue weighted by molar-refractivity contribution is 5.91. The Morgan fingerprint density at radius 1 is 1.05 bits per heavy atom. The number of carbonyl (C=O) groups is 1. The van der Waals surface area contributed by atoms with Crippen LogP contribution in [0.15, 0.2) is 18.2 Å². The lowest BCUT2D eigenvalue weighted by atomic mass is 10.1. The fraction of sp³-hybridized carbons (Fsp3) is 0.562. The van der Waals surface area contributed by atoms with Crippen molar-refractivity contribution in [3.8, 4) is 11.5 Å². The highest BCUT2D eigenvalue weighted by Gasteiger charge is 2.07. The van der Waals surface area contributed by atoms with Crippen LogP contribution in [0, 0.1) is 0 Å². The fourth-order valence-electron chi connectivity index (χ4n) is 2.03. The molecule has 0 spiro atoms. The van der Waals surface area contributed by atoms with Gasteiger partial charge in [0.15, 0.2) is 11.5 Å². The number of benzene rings is 1. The van der Waals surface area contributed by atoms with Crippen LogP contribution in [0.4, 0.5) is 5.69 Å². The number of ether oxygens (including phenoxy) is 2. The molecule has 0 saturated carbocycles. The molecule has 0 aliphatic carbocycles. The molecule has 0 bridgehead atoms. The molecule has 0 aromatic heterocycles. The lowest BCUT2D eigenvalue weighted by Crippen LogP contribution is -2.11. The summed E-state index contributed by atoms with van der Waals surface area (Å²) in [5.41, 5.74) is 0.737. The Morgan fingerprint density at radius 2 is 1.75 bits per heavy atom.